The normalized spacial score (nSPS) is 22.5. The molecule has 0 aromatic carbocycles. The molecule has 25 heavy (non-hydrogen) atoms. The Bertz CT molecular complexity index is 459. The molecule has 2 fully saturated rings. The molecule has 2 aliphatic heterocycles. The molecule has 0 aliphatic carbocycles. The van der Waals surface area contributed by atoms with Crippen LogP contribution in [-0.4, -0.2) is 71.6 Å². The summed E-state index contributed by atoms with van der Waals surface area (Å²) >= 11 is 1.67. The van der Waals surface area contributed by atoms with Crippen molar-refractivity contribution >= 4 is 23.6 Å². The maximum absolute atomic E-state index is 12.9. The van der Waals surface area contributed by atoms with Crippen molar-refractivity contribution in [2.75, 3.05) is 37.9 Å². The maximum Gasteiger partial charge on any atom is 0.246 e. The zero-order valence-corrected chi connectivity index (χ0v) is 16.6. The lowest BCUT2D eigenvalue weighted by Crippen LogP contribution is -2.52. The monoisotopic (exact) mass is 371 g/mol. The molecule has 0 saturated carbocycles. The molecular weight excluding hydrogens is 338 g/mol. The Morgan fingerprint density at radius 2 is 1.92 bits per heavy atom. The number of carbonyl (C=O) groups excluding carboxylic acids is 2. The summed E-state index contributed by atoms with van der Waals surface area (Å²) in [6.45, 7) is 8.95. The molecule has 0 radical (unpaired) electrons. The van der Waals surface area contributed by atoms with Gasteiger partial charge in [-0.25, -0.2) is 0 Å². The Hall–Kier alpha value is -0.790. The lowest BCUT2D eigenvalue weighted by atomic mass is 9.91. The predicted molar refractivity (Wildman–Crippen MR) is 101 cm³/mol. The lowest BCUT2D eigenvalue weighted by molar-refractivity contribution is -0.145. The molecule has 2 amide bonds. The molecule has 0 aromatic heterocycles. The summed E-state index contributed by atoms with van der Waals surface area (Å²) in [5.74, 6) is 1.54. The van der Waals surface area contributed by atoms with Crippen molar-refractivity contribution in [2.45, 2.75) is 58.6 Å². The summed E-state index contributed by atoms with van der Waals surface area (Å²) in [7, 11) is 0. The van der Waals surface area contributed by atoms with E-state index in [2.05, 4.69) is 20.8 Å². The first-order valence-electron chi connectivity index (χ1n) is 9.29. The maximum atomic E-state index is 12.9. The van der Waals surface area contributed by atoms with Crippen molar-refractivity contribution in [1.82, 2.24) is 9.80 Å². The number of ether oxygens (including phenoxy) is 1. The Kier molecular flexibility index (Phi) is 7.58. The minimum absolute atomic E-state index is 0.0584. The van der Waals surface area contributed by atoms with Gasteiger partial charge in [0.05, 0.1) is 12.0 Å². The highest BCUT2D eigenvalue weighted by Crippen LogP contribution is 2.28. The summed E-state index contributed by atoms with van der Waals surface area (Å²) in [5, 5.41) is 0. The molecule has 2 saturated heterocycles. The number of thioether (sulfide) groups is 1. The van der Waals surface area contributed by atoms with Crippen LogP contribution in [0.1, 0.15) is 46.5 Å². The van der Waals surface area contributed by atoms with E-state index in [0.717, 1.165) is 19.3 Å². The van der Waals surface area contributed by atoms with Gasteiger partial charge in [0.2, 0.25) is 11.8 Å². The average Bonchev–Trinajstić information content (AvgIpc) is 3.03. The van der Waals surface area contributed by atoms with Gasteiger partial charge in [-0.2, -0.15) is 0 Å². The lowest BCUT2D eigenvalue weighted by Gasteiger charge is -2.35. The summed E-state index contributed by atoms with van der Waals surface area (Å²) in [4.78, 5) is 29.2. The number of rotatable bonds is 6. The molecule has 0 bridgehead atoms. The molecule has 2 heterocycles. The summed E-state index contributed by atoms with van der Waals surface area (Å²) in [5.41, 5.74) is 5.43. The fraction of sp³-hybridized carbons (Fsp3) is 0.889. The highest BCUT2D eigenvalue weighted by Gasteiger charge is 2.38. The van der Waals surface area contributed by atoms with Gasteiger partial charge in [0, 0.05) is 31.9 Å². The van der Waals surface area contributed by atoms with Gasteiger partial charge in [-0.05, 0) is 31.2 Å². The number of hydrogen-bond acceptors (Lipinski definition) is 5. The number of likely N-dealkylation sites (tertiary alicyclic amines) is 1. The number of carbonyl (C=O) groups is 2. The van der Waals surface area contributed by atoms with Crippen LogP contribution in [0.2, 0.25) is 0 Å². The van der Waals surface area contributed by atoms with Crippen molar-refractivity contribution < 1.29 is 14.3 Å². The average molecular weight is 372 g/mol. The van der Waals surface area contributed by atoms with E-state index < -0.39 is 0 Å². The van der Waals surface area contributed by atoms with Gasteiger partial charge in [-0.1, -0.05) is 20.8 Å². The smallest absolute Gasteiger partial charge is 0.246 e. The van der Waals surface area contributed by atoms with Crippen molar-refractivity contribution in [3.8, 4) is 0 Å². The largest absolute Gasteiger partial charge is 0.378 e. The molecule has 1 unspecified atom stereocenters. The summed E-state index contributed by atoms with van der Waals surface area (Å²) < 4.78 is 5.80. The Labute approximate surface area is 155 Å². The standard InChI is InChI=1S/C18H33N3O3S/c1-18(2,3)11-16(22)21-13-25-12-15(21)17(23)20-8-5-14(6-9-20)24-10-4-7-19/h14-15H,4-13,19H2,1-3H3. The number of piperidine rings is 1. The molecule has 7 heteroatoms. The van der Waals surface area contributed by atoms with Gasteiger partial charge in [-0.3, -0.25) is 9.59 Å². The molecule has 0 aromatic rings. The van der Waals surface area contributed by atoms with Crippen LogP contribution in [0.4, 0.5) is 0 Å². The Morgan fingerprint density at radius 1 is 1.24 bits per heavy atom. The van der Waals surface area contributed by atoms with E-state index in [4.69, 9.17) is 10.5 Å². The molecular formula is C18H33N3O3S. The van der Waals surface area contributed by atoms with Crippen LogP contribution in [0.15, 0.2) is 0 Å². The highest BCUT2D eigenvalue weighted by molar-refractivity contribution is 7.99. The minimum atomic E-state index is -0.297. The fourth-order valence-electron chi connectivity index (χ4n) is 3.24. The molecule has 2 rings (SSSR count). The van der Waals surface area contributed by atoms with Crippen molar-refractivity contribution in [2.24, 2.45) is 11.1 Å². The number of hydrogen-bond donors (Lipinski definition) is 1. The molecule has 2 N–H and O–H groups in total. The zero-order chi connectivity index (χ0) is 18.4. The van der Waals surface area contributed by atoms with Crippen molar-refractivity contribution in [3.05, 3.63) is 0 Å². The van der Waals surface area contributed by atoms with Gasteiger partial charge in [0.1, 0.15) is 6.04 Å². The van der Waals surface area contributed by atoms with Crippen LogP contribution in [0.3, 0.4) is 0 Å². The van der Waals surface area contributed by atoms with E-state index in [0.29, 0.717) is 44.3 Å². The quantitative estimate of drug-likeness (QED) is 0.719. The third-order valence-corrected chi connectivity index (χ3v) is 5.64. The fourth-order valence-corrected chi connectivity index (χ4v) is 4.41. The number of nitrogens with zero attached hydrogens (tertiary/aromatic N) is 2. The minimum Gasteiger partial charge on any atom is -0.378 e. The SMILES string of the molecule is CC(C)(C)CC(=O)N1CSCC1C(=O)N1CCC(OCCCN)CC1. The van der Waals surface area contributed by atoms with Gasteiger partial charge in [-0.15, -0.1) is 11.8 Å². The molecule has 1 atom stereocenters. The summed E-state index contributed by atoms with van der Waals surface area (Å²) in [6.07, 6.45) is 3.32. The zero-order valence-electron chi connectivity index (χ0n) is 15.8. The van der Waals surface area contributed by atoms with Crippen LogP contribution >= 0.6 is 11.8 Å². The van der Waals surface area contributed by atoms with E-state index in [1.165, 1.54) is 0 Å². The molecule has 6 nitrogen and oxygen atoms in total. The van der Waals surface area contributed by atoms with E-state index in [1.807, 2.05) is 4.90 Å². The Balaban J connectivity index is 1.84. The van der Waals surface area contributed by atoms with Crippen molar-refractivity contribution in [3.63, 3.8) is 0 Å². The van der Waals surface area contributed by atoms with Crippen LogP contribution < -0.4 is 5.73 Å². The highest BCUT2D eigenvalue weighted by atomic mass is 32.2. The van der Waals surface area contributed by atoms with Gasteiger partial charge in [0.15, 0.2) is 0 Å². The topological polar surface area (TPSA) is 75.9 Å². The van der Waals surface area contributed by atoms with Gasteiger partial charge >= 0.3 is 0 Å². The van der Waals surface area contributed by atoms with Crippen LogP contribution in [-0.2, 0) is 14.3 Å². The molecule has 144 valence electrons. The Morgan fingerprint density at radius 3 is 2.52 bits per heavy atom. The van der Waals surface area contributed by atoms with Crippen molar-refractivity contribution in [1.29, 1.82) is 0 Å². The number of amides is 2. The number of nitrogens with two attached hydrogens (primary N) is 1. The predicted octanol–water partition coefficient (Wildman–Crippen LogP) is 1.68. The van der Waals surface area contributed by atoms with E-state index >= 15 is 0 Å². The second kappa shape index (κ2) is 9.24. The summed E-state index contributed by atoms with van der Waals surface area (Å²) in [6, 6.07) is -0.297. The van der Waals surface area contributed by atoms with Crippen LogP contribution in [0.5, 0.6) is 0 Å². The third kappa shape index (κ3) is 6.15. The third-order valence-electron chi connectivity index (χ3n) is 4.62. The first kappa shape index (κ1) is 20.5. The van der Waals surface area contributed by atoms with Crippen LogP contribution in [0, 0.1) is 5.41 Å². The molecule has 2 aliphatic rings. The second-order valence-electron chi connectivity index (χ2n) is 8.15. The molecule has 0 spiro atoms. The van der Waals surface area contributed by atoms with Gasteiger partial charge < -0.3 is 20.3 Å². The second-order valence-corrected chi connectivity index (χ2v) is 9.15. The van der Waals surface area contributed by atoms with E-state index in [9.17, 15) is 9.59 Å². The van der Waals surface area contributed by atoms with E-state index in [-0.39, 0.29) is 29.4 Å². The first-order chi connectivity index (χ1) is 11.8. The van der Waals surface area contributed by atoms with E-state index in [1.54, 1.807) is 16.7 Å². The first-order valence-corrected chi connectivity index (χ1v) is 10.4. The van der Waals surface area contributed by atoms with Crippen LogP contribution in [0.25, 0.3) is 0 Å². The van der Waals surface area contributed by atoms with Gasteiger partial charge in [0.25, 0.3) is 0 Å².